The van der Waals surface area contributed by atoms with Gasteiger partial charge in [-0.15, -0.1) is 0 Å². The standard InChI is InChI=1S/C21H18N4O/c1-15-22-11-12-25(15)20-10-9-18(14-23-20)24-21(26)13-17-7-4-6-16-5-2-3-8-19(16)17/h2-12,14H,13H2,1H3,(H,24,26). The van der Waals surface area contributed by atoms with Crippen molar-refractivity contribution in [3.8, 4) is 5.82 Å². The second kappa shape index (κ2) is 6.80. The molecule has 2 aromatic heterocycles. The van der Waals surface area contributed by atoms with Gasteiger partial charge >= 0.3 is 0 Å². The minimum Gasteiger partial charge on any atom is -0.324 e. The molecule has 128 valence electrons. The number of carbonyl (C=O) groups excluding carboxylic acids is 1. The zero-order valence-corrected chi connectivity index (χ0v) is 14.4. The summed E-state index contributed by atoms with van der Waals surface area (Å²) in [7, 11) is 0. The first kappa shape index (κ1) is 16.0. The summed E-state index contributed by atoms with van der Waals surface area (Å²) in [4.78, 5) is 21.0. The average Bonchev–Trinajstić information content (AvgIpc) is 3.09. The highest BCUT2D eigenvalue weighted by atomic mass is 16.1. The second-order valence-electron chi connectivity index (χ2n) is 6.11. The molecule has 5 heteroatoms. The van der Waals surface area contributed by atoms with Crippen molar-refractivity contribution in [1.82, 2.24) is 14.5 Å². The van der Waals surface area contributed by atoms with Gasteiger partial charge in [-0.05, 0) is 35.4 Å². The fraction of sp³-hybridized carbons (Fsp3) is 0.0952. The van der Waals surface area contributed by atoms with Gasteiger partial charge in [0.2, 0.25) is 5.91 Å². The number of carbonyl (C=O) groups is 1. The van der Waals surface area contributed by atoms with Crippen LogP contribution in [0.3, 0.4) is 0 Å². The summed E-state index contributed by atoms with van der Waals surface area (Å²) in [5.41, 5.74) is 1.69. The normalized spacial score (nSPS) is 10.8. The quantitative estimate of drug-likeness (QED) is 0.612. The lowest BCUT2D eigenvalue weighted by atomic mass is 10.0. The van der Waals surface area contributed by atoms with E-state index in [2.05, 4.69) is 27.4 Å². The highest BCUT2D eigenvalue weighted by Gasteiger charge is 2.08. The topological polar surface area (TPSA) is 59.8 Å². The summed E-state index contributed by atoms with van der Waals surface area (Å²) >= 11 is 0. The van der Waals surface area contributed by atoms with Crippen molar-refractivity contribution in [2.45, 2.75) is 13.3 Å². The fourth-order valence-corrected chi connectivity index (χ4v) is 3.05. The SMILES string of the molecule is Cc1nccn1-c1ccc(NC(=O)Cc2cccc3ccccc23)cn1. The molecule has 26 heavy (non-hydrogen) atoms. The first-order valence-electron chi connectivity index (χ1n) is 8.43. The minimum atomic E-state index is -0.0604. The Morgan fingerprint density at radius 1 is 1.04 bits per heavy atom. The Bertz CT molecular complexity index is 1060. The number of hydrogen-bond donors (Lipinski definition) is 1. The second-order valence-corrected chi connectivity index (χ2v) is 6.11. The van der Waals surface area contributed by atoms with Crippen LogP contribution in [0.1, 0.15) is 11.4 Å². The maximum atomic E-state index is 12.4. The predicted molar refractivity (Wildman–Crippen MR) is 102 cm³/mol. The Balaban J connectivity index is 1.49. The van der Waals surface area contributed by atoms with Crippen molar-refractivity contribution in [3.63, 3.8) is 0 Å². The molecule has 0 atom stereocenters. The van der Waals surface area contributed by atoms with Gasteiger partial charge in [0.25, 0.3) is 0 Å². The van der Waals surface area contributed by atoms with Crippen LogP contribution in [0.5, 0.6) is 0 Å². The van der Waals surface area contributed by atoms with Crippen LogP contribution in [0.15, 0.2) is 73.2 Å². The first-order valence-corrected chi connectivity index (χ1v) is 8.43. The van der Waals surface area contributed by atoms with Crippen molar-refractivity contribution in [2.75, 3.05) is 5.32 Å². The summed E-state index contributed by atoms with van der Waals surface area (Å²) < 4.78 is 1.89. The Labute approximate surface area is 151 Å². The third-order valence-electron chi connectivity index (χ3n) is 4.34. The largest absolute Gasteiger partial charge is 0.324 e. The molecule has 2 aromatic carbocycles. The first-order chi connectivity index (χ1) is 12.7. The number of nitrogens with one attached hydrogen (secondary N) is 1. The van der Waals surface area contributed by atoms with Crippen molar-refractivity contribution in [2.24, 2.45) is 0 Å². The smallest absolute Gasteiger partial charge is 0.228 e. The molecular weight excluding hydrogens is 324 g/mol. The molecule has 0 spiro atoms. The molecule has 5 nitrogen and oxygen atoms in total. The molecule has 0 saturated carbocycles. The highest BCUT2D eigenvalue weighted by molar-refractivity contribution is 5.96. The molecule has 2 heterocycles. The molecule has 0 saturated heterocycles. The summed E-state index contributed by atoms with van der Waals surface area (Å²) in [5.74, 6) is 1.58. The van der Waals surface area contributed by atoms with E-state index in [1.165, 1.54) is 0 Å². The van der Waals surface area contributed by atoms with Gasteiger partial charge < -0.3 is 5.32 Å². The average molecular weight is 342 g/mol. The van der Waals surface area contributed by atoms with Crippen molar-refractivity contribution in [1.29, 1.82) is 0 Å². The number of imidazole rings is 1. The third-order valence-corrected chi connectivity index (χ3v) is 4.34. The van der Waals surface area contributed by atoms with Crippen molar-refractivity contribution < 1.29 is 4.79 Å². The Morgan fingerprint density at radius 2 is 1.88 bits per heavy atom. The van der Waals surface area contributed by atoms with Crippen LogP contribution in [0.4, 0.5) is 5.69 Å². The molecule has 0 aliphatic carbocycles. The lowest BCUT2D eigenvalue weighted by Crippen LogP contribution is -2.15. The van der Waals surface area contributed by atoms with Crippen LogP contribution in [0.25, 0.3) is 16.6 Å². The van der Waals surface area contributed by atoms with Crippen molar-refractivity contribution >= 4 is 22.4 Å². The molecule has 0 aliphatic rings. The summed E-state index contributed by atoms with van der Waals surface area (Å²) in [6, 6.07) is 17.8. The molecule has 0 aliphatic heterocycles. The maximum absolute atomic E-state index is 12.4. The Morgan fingerprint density at radius 3 is 2.65 bits per heavy atom. The highest BCUT2D eigenvalue weighted by Crippen LogP contribution is 2.19. The van der Waals surface area contributed by atoms with Gasteiger partial charge in [0.1, 0.15) is 11.6 Å². The number of aromatic nitrogens is 3. The van der Waals surface area contributed by atoms with E-state index in [0.29, 0.717) is 12.1 Å². The predicted octanol–water partition coefficient (Wildman–Crippen LogP) is 3.91. The van der Waals surface area contributed by atoms with Crippen LogP contribution < -0.4 is 5.32 Å². The number of hydrogen-bond acceptors (Lipinski definition) is 3. The minimum absolute atomic E-state index is 0.0604. The van der Waals surface area contributed by atoms with Crippen LogP contribution in [0.2, 0.25) is 0 Å². The van der Waals surface area contributed by atoms with Gasteiger partial charge in [0.05, 0.1) is 18.3 Å². The molecule has 0 radical (unpaired) electrons. The van der Waals surface area contributed by atoms with E-state index in [0.717, 1.165) is 28.0 Å². The number of benzene rings is 2. The van der Waals surface area contributed by atoms with Gasteiger partial charge in [0, 0.05) is 12.4 Å². The van der Waals surface area contributed by atoms with E-state index < -0.39 is 0 Å². The fourth-order valence-electron chi connectivity index (χ4n) is 3.05. The van der Waals surface area contributed by atoms with Crippen LogP contribution in [-0.4, -0.2) is 20.4 Å². The van der Waals surface area contributed by atoms with Crippen molar-refractivity contribution in [3.05, 3.63) is 84.6 Å². The number of fused-ring (bicyclic) bond motifs is 1. The lowest BCUT2D eigenvalue weighted by Gasteiger charge is -2.09. The Kier molecular flexibility index (Phi) is 4.19. The monoisotopic (exact) mass is 342 g/mol. The van der Waals surface area contributed by atoms with E-state index in [1.54, 1.807) is 12.4 Å². The summed E-state index contributed by atoms with van der Waals surface area (Å²) in [6.45, 7) is 1.92. The zero-order chi connectivity index (χ0) is 17.9. The molecule has 0 unspecified atom stereocenters. The number of aryl methyl sites for hydroxylation is 1. The molecule has 4 rings (SSSR count). The molecular formula is C21H18N4O. The zero-order valence-electron chi connectivity index (χ0n) is 14.4. The van der Waals surface area contributed by atoms with Gasteiger partial charge in [0.15, 0.2) is 0 Å². The molecule has 1 amide bonds. The number of anilines is 1. The molecule has 0 fully saturated rings. The number of rotatable bonds is 4. The van der Waals surface area contributed by atoms with Crippen LogP contribution >= 0.6 is 0 Å². The third kappa shape index (κ3) is 3.19. The van der Waals surface area contributed by atoms with Gasteiger partial charge in [-0.25, -0.2) is 9.97 Å². The van der Waals surface area contributed by atoms with Gasteiger partial charge in [-0.1, -0.05) is 42.5 Å². The number of nitrogens with zero attached hydrogens (tertiary/aromatic N) is 3. The van der Waals surface area contributed by atoms with E-state index in [1.807, 2.05) is 60.2 Å². The Hall–Kier alpha value is -3.47. The van der Waals surface area contributed by atoms with E-state index in [9.17, 15) is 4.79 Å². The summed E-state index contributed by atoms with van der Waals surface area (Å²) in [5, 5.41) is 5.16. The summed E-state index contributed by atoms with van der Waals surface area (Å²) in [6.07, 6.45) is 5.58. The molecule has 0 bridgehead atoms. The van der Waals surface area contributed by atoms with E-state index in [4.69, 9.17) is 0 Å². The number of pyridine rings is 1. The lowest BCUT2D eigenvalue weighted by molar-refractivity contribution is -0.115. The molecule has 1 N–H and O–H groups in total. The van der Waals surface area contributed by atoms with Gasteiger partial charge in [-0.3, -0.25) is 9.36 Å². The van der Waals surface area contributed by atoms with E-state index in [-0.39, 0.29) is 5.91 Å². The van der Waals surface area contributed by atoms with Crippen LogP contribution in [-0.2, 0) is 11.2 Å². The molecule has 4 aromatic rings. The number of amides is 1. The van der Waals surface area contributed by atoms with Crippen LogP contribution in [0, 0.1) is 6.92 Å². The maximum Gasteiger partial charge on any atom is 0.228 e. The van der Waals surface area contributed by atoms with E-state index >= 15 is 0 Å². The van der Waals surface area contributed by atoms with Gasteiger partial charge in [-0.2, -0.15) is 0 Å².